The summed E-state index contributed by atoms with van der Waals surface area (Å²) in [7, 11) is 0. The Balaban J connectivity index is 1.44. The molecule has 1 aromatic carbocycles. The molecule has 1 saturated carbocycles. The van der Waals surface area contributed by atoms with Crippen molar-refractivity contribution < 1.29 is 28.3 Å². The van der Waals surface area contributed by atoms with Crippen LogP contribution in [0.2, 0.25) is 0 Å². The first-order chi connectivity index (χ1) is 15.7. The molecule has 2 fully saturated rings. The Morgan fingerprint density at radius 3 is 2.33 bits per heavy atom. The fourth-order valence-corrected chi connectivity index (χ4v) is 5.07. The van der Waals surface area contributed by atoms with Gasteiger partial charge >= 0.3 is 5.97 Å². The molecule has 33 heavy (non-hydrogen) atoms. The molecule has 1 aliphatic carbocycles. The summed E-state index contributed by atoms with van der Waals surface area (Å²) in [5, 5.41) is 0. The van der Waals surface area contributed by atoms with E-state index in [9.17, 15) is 23.6 Å². The van der Waals surface area contributed by atoms with Gasteiger partial charge in [0.15, 0.2) is 6.61 Å². The van der Waals surface area contributed by atoms with Crippen LogP contribution in [0, 0.1) is 31.5 Å². The first-order valence-corrected chi connectivity index (χ1v) is 11.2. The lowest BCUT2D eigenvalue weighted by molar-refractivity contribution is -0.157. The minimum atomic E-state index is -1.08. The number of nitrogens with zero attached hydrogens (tertiary/aromatic N) is 2. The fraction of sp³-hybridized carbons (Fsp3) is 0.440. The van der Waals surface area contributed by atoms with Gasteiger partial charge in [0.1, 0.15) is 11.9 Å². The molecule has 1 aliphatic heterocycles. The normalized spacial score (nSPS) is 21.2. The number of carbonyl (C=O) groups is 4. The van der Waals surface area contributed by atoms with Gasteiger partial charge in [0.05, 0.1) is 11.8 Å². The molecular weight excluding hydrogens is 427 g/mol. The summed E-state index contributed by atoms with van der Waals surface area (Å²) in [4.78, 5) is 51.8. The number of likely N-dealkylation sites (tertiary alicyclic amines) is 1. The van der Waals surface area contributed by atoms with E-state index in [-0.39, 0.29) is 29.5 Å². The molecule has 2 aliphatic rings. The van der Waals surface area contributed by atoms with Crippen molar-refractivity contribution in [1.29, 1.82) is 0 Å². The number of ketones is 1. The van der Waals surface area contributed by atoms with Crippen molar-refractivity contribution in [1.82, 2.24) is 9.47 Å². The zero-order valence-electron chi connectivity index (χ0n) is 19.0. The fourth-order valence-electron chi connectivity index (χ4n) is 5.07. The molecule has 2 heterocycles. The quantitative estimate of drug-likeness (QED) is 0.379. The van der Waals surface area contributed by atoms with E-state index >= 15 is 0 Å². The van der Waals surface area contributed by atoms with Crippen molar-refractivity contribution in [3.63, 3.8) is 0 Å². The van der Waals surface area contributed by atoms with E-state index in [4.69, 9.17) is 4.74 Å². The van der Waals surface area contributed by atoms with E-state index in [0.717, 1.165) is 23.4 Å². The molecule has 2 unspecified atom stereocenters. The third-order valence-electron chi connectivity index (χ3n) is 6.75. The van der Waals surface area contributed by atoms with Crippen LogP contribution < -0.4 is 0 Å². The Morgan fingerprint density at radius 2 is 1.73 bits per heavy atom. The predicted molar refractivity (Wildman–Crippen MR) is 117 cm³/mol. The highest BCUT2D eigenvalue weighted by Gasteiger charge is 2.51. The van der Waals surface area contributed by atoms with Crippen molar-refractivity contribution in [3.05, 3.63) is 53.1 Å². The summed E-state index contributed by atoms with van der Waals surface area (Å²) in [5.74, 6) is -2.94. The average Bonchev–Trinajstić information content (AvgIpc) is 3.23. The highest BCUT2D eigenvalue weighted by molar-refractivity contribution is 6.08. The molecule has 8 heteroatoms. The highest BCUT2D eigenvalue weighted by Crippen LogP contribution is 2.39. The van der Waals surface area contributed by atoms with Gasteiger partial charge in [-0.05, 0) is 57.9 Å². The smallest absolute Gasteiger partial charge is 0.329 e. The molecule has 0 bridgehead atoms. The van der Waals surface area contributed by atoms with Gasteiger partial charge in [0, 0.05) is 22.6 Å². The van der Waals surface area contributed by atoms with Gasteiger partial charge in [0.25, 0.3) is 0 Å². The predicted octanol–water partition coefficient (Wildman–Crippen LogP) is 3.52. The van der Waals surface area contributed by atoms with Crippen LogP contribution >= 0.6 is 0 Å². The van der Waals surface area contributed by atoms with E-state index < -0.39 is 24.4 Å². The van der Waals surface area contributed by atoms with Crippen LogP contribution in [-0.2, 0) is 19.1 Å². The molecule has 1 saturated heterocycles. The minimum absolute atomic E-state index is 0.320. The van der Waals surface area contributed by atoms with Crippen molar-refractivity contribution in [2.45, 2.75) is 52.5 Å². The number of halogens is 1. The minimum Gasteiger partial charge on any atom is -0.456 e. The highest BCUT2D eigenvalue weighted by atomic mass is 19.1. The lowest BCUT2D eigenvalue weighted by Gasteiger charge is -2.21. The van der Waals surface area contributed by atoms with E-state index in [1.807, 2.05) is 0 Å². The van der Waals surface area contributed by atoms with Crippen molar-refractivity contribution >= 4 is 23.6 Å². The van der Waals surface area contributed by atoms with Crippen molar-refractivity contribution in [2.24, 2.45) is 11.8 Å². The number of esters is 1. The van der Waals surface area contributed by atoms with E-state index in [1.54, 1.807) is 36.6 Å². The summed E-state index contributed by atoms with van der Waals surface area (Å²) in [6.07, 6.45) is 3.12. The lowest BCUT2D eigenvalue weighted by Crippen LogP contribution is -2.44. The SMILES string of the molecule is Cc1cc(C(=O)COC(=O)[C@H](C)N2C(=O)C3CCCCC3C2=O)c(C)n1-c1cccc(F)c1. The summed E-state index contributed by atoms with van der Waals surface area (Å²) in [6, 6.07) is 6.62. The maximum absolute atomic E-state index is 13.7. The number of aryl methyl sites for hydroxylation is 1. The van der Waals surface area contributed by atoms with E-state index in [2.05, 4.69) is 0 Å². The standard InChI is InChI=1S/C25H27FN2O5/c1-14-11-21(15(2)27(14)18-8-6-7-17(26)12-18)22(29)13-33-25(32)16(3)28-23(30)19-9-4-5-10-20(19)24(28)31/h6-8,11-12,16,19-20H,4-5,9-10,13H2,1-3H3/t16-,19?,20?/m0/s1. The lowest BCUT2D eigenvalue weighted by atomic mass is 9.81. The summed E-state index contributed by atoms with van der Waals surface area (Å²) >= 11 is 0. The number of hydrogen-bond acceptors (Lipinski definition) is 5. The molecule has 174 valence electrons. The van der Waals surface area contributed by atoms with Gasteiger partial charge in [-0.3, -0.25) is 19.3 Å². The largest absolute Gasteiger partial charge is 0.456 e. The Kier molecular flexibility index (Phi) is 6.19. The zero-order valence-corrected chi connectivity index (χ0v) is 19.0. The number of amides is 2. The third kappa shape index (κ3) is 4.10. The average molecular weight is 454 g/mol. The van der Waals surface area contributed by atoms with E-state index in [1.165, 1.54) is 19.1 Å². The first kappa shape index (κ1) is 22.9. The van der Waals surface area contributed by atoms with Crippen LogP contribution in [0.5, 0.6) is 0 Å². The second kappa shape index (κ2) is 8.92. The Bertz CT molecular complexity index is 1110. The second-order valence-electron chi connectivity index (χ2n) is 8.85. The maximum Gasteiger partial charge on any atom is 0.329 e. The van der Waals surface area contributed by atoms with Crippen LogP contribution in [-0.4, -0.2) is 45.7 Å². The van der Waals surface area contributed by atoms with Crippen LogP contribution in [0.15, 0.2) is 30.3 Å². The summed E-state index contributed by atoms with van der Waals surface area (Å²) in [5.41, 5.74) is 2.27. The molecule has 2 aromatic rings. The van der Waals surface area contributed by atoms with E-state index in [0.29, 0.717) is 29.8 Å². The first-order valence-electron chi connectivity index (χ1n) is 11.2. The van der Waals surface area contributed by atoms with Gasteiger partial charge in [0.2, 0.25) is 17.6 Å². The van der Waals surface area contributed by atoms with Gasteiger partial charge in [-0.15, -0.1) is 0 Å². The van der Waals surface area contributed by atoms with Crippen LogP contribution in [0.1, 0.15) is 54.4 Å². The monoisotopic (exact) mass is 454 g/mol. The number of Topliss-reactive ketones (excluding diaryl/α,β-unsaturated/α-hetero) is 1. The molecule has 0 radical (unpaired) electrons. The molecule has 4 rings (SSSR count). The third-order valence-corrected chi connectivity index (χ3v) is 6.75. The summed E-state index contributed by atoms with van der Waals surface area (Å²) in [6.45, 7) is 4.47. The topological polar surface area (TPSA) is 85.7 Å². The number of aromatic nitrogens is 1. The second-order valence-corrected chi connectivity index (χ2v) is 8.85. The van der Waals surface area contributed by atoms with Crippen LogP contribution in [0.3, 0.4) is 0 Å². The van der Waals surface area contributed by atoms with Crippen molar-refractivity contribution in [2.75, 3.05) is 6.61 Å². The molecule has 7 nitrogen and oxygen atoms in total. The number of fused-ring (bicyclic) bond motifs is 1. The summed E-state index contributed by atoms with van der Waals surface area (Å²) < 4.78 is 20.6. The number of rotatable bonds is 6. The number of imide groups is 1. The number of carbonyl (C=O) groups excluding carboxylic acids is 4. The van der Waals surface area contributed by atoms with Gasteiger partial charge in [-0.25, -0.2) is 9.18 Å². The van der Waals surface area contributed by atoms with Gasteiger partial charge < -0.3 is 9.30 Å². The molecular formula is C25H27FN2O5. The number of hydrogen-bond donors (Lipinski definition) is 0. The van der Waals surface area contributed by atoms with Crippen molar-refractivity contribution in [3.8, 4) is 5.69 Å². The molecule has 0 spiro atoms. The number of benzene rings is 1. The molecule has 3 atom stereocenters. The maximum atomic E-state index is 13.7. The van der Waals surface area contributed by atoms with Crippen LogP contribution in [0.25, 0.3) is 5.69 Å². The van der Waals surface area contributed by atoms with Gasteiger partial charge in [-0.2, -0.15) is 0 Å². The Hall–Kier alpha value is -3.29. The van der Waals surface area contributed by atoms with Gasteiger partial charge in [-0.1, -0.05) is 18.9 Å². The Morgan fingerprint density at radius 1 is 1.09 bits per heavy atom. The zero-order chi connectivity index (χ0) is 23.9. The molecule has 2 amide bonds. The molecule has 1 aromatic heterocycles. The molecule has 0 N–H and O–H groups in total. The van der Waals surface area contributed by atoms with Crippen LogP contribution in [0.4, 0.5) is 4.39 Å². The Labute approximate surface area is 191 Å². The number of ether oxygens (including phenoxy) is 1.